The number of primary amides is 1. The third kappa shape index (κ3) is 13.7. The molecule has 0 saturated heterocycles. The maximum absolute atomic E-state index is 14.3. The van der Waals surface area contributed by atoms with Crippen LogP contribution in [0.1, 0.15) is 71.1 Å². The molecule has 418 valence electrons. The normalized spacial score (nSPS) is 12.1. The number of rotatable bonds is 17. The molecular formula is C59H70N8O12. The molecule has 5 aromatic carbocycles. The molecule has 0 bridgehead atoms. The summed E-state index contributed by atoms with van der Waals surface area (Å²) in [5.41, 5.74) is 11.1. The lowest BCUT2D eigenvalue weighted by atomic mass is 9.98. The third-order valence-corrected chi connectivity index (χ3v) is 13.0. The van der Waals surface area contributed by atoms with Crippen LogP contribution in [0.3, 0.4) is 0 Å². The SMILES string of the molecule is C.CC.CCCNC(N)=O.COc1cc2c(=O)n(CCN(C)C(=O)OCc3ccc(NC(=O)CNC(=O)C(NC(=O)OCC4c5ccccc5-c5ccccc54)C(C)C)cc3)c3c4cc5c(cc4ncc3c2cc1OC)OCO5. The number of hydrogen-bond acceptors (Lipinski definition) is 13. The second-order valence-corrected chi connectivity index (χ2v) is 18.4. The van der Waals surface area contributed by atoms with Gasteiger partial charge in [0.2, 0.25) is 18.6 Å². The van der Waals surface area contributed by atoms with Crippen LogP contribution in [0.15, 0.2) is 108 Å². The molecule has 2 aliphatic rings. The molecule has 20 heteroatoms. The molecule has 1 aliphatic heterocycles. The summed E-state index contributed by atoms with van der Waals surface area (Å²) in [7, 11) is 4.61. The van der Waals surface area contributed by atoms with E-state index in [1.807, 2.05) is 63.2 Å². The molecule has 0 spiro atoms. The molecule has 6 N–H and O–H groups in total. The standard InChI is InChI=1S/C52H50N6O11.C4H10N2O.C2H6.CH4/c1-29(2)47(56-51(62)66-27-40-34-12-8-6-10-32(34)33-11-7-9-13-35(33)40)49(60)54-25-46(59)55-31-16-14-30(15-17-31)26-67-52(63)57(3)18-19-58-48-38-22-44-45(69-28-68-44)23-41(38)53-24-39(48)36-20-42(64-4)43(65-5)21-37(36)50(58)61;1-2-3-6-4(5)7;1-2;/h6-17,20-24,29,40,47H,18-19,25-28H2,1-5H3,(H,54,60)(H,55,59)(H,56,62);2-3H2,1H3,(H3,5,6,7);1-2H3;1H4. The number of amides is 6. The van der Waals surface area contributed by atoms with Gasteiger partial charge in [-0.15, -0.1) is 0 Å². The highest BCUT2D eigenvalue weighted by Gasteiger charge is 2.31. The highest BCUT2D eigenvalue weighted by atomic mass is 16.7. The minimum absolute atomic E-state index is 0. The Balaban J connectivity index is 0.000000936. The van der Waals surface area contributed by atoms with Crippen molar-refractivity contribution in [1.82, 2.24) is 30.4 Å². The molecule has 2 aromatic heterocycles. The number of urea groups is 1. The van der Waals surface area contributed by atoms with E-state index in [0.29, 0.717) is 73.4 Å². The number of alkyl carbamates (subject to hydrolysis) is 1. The van der Waals surface area contributed by atoms with E-state index in [0.717, 1.165) is 28.7 Å². The van der Waals surface area contributed by atoms with E-state index in [-0.39, 0.29) is 64.5 Å². The summed E-state index contributed by atoms with van der Waals surface area (Å²) < 4.78 is 35.2. The number of aromatic nitrogens is 2. The van der Waals surface area contributed by atoms with Crippen LogP contribution in [0.2, 0.25) is 0 Å². The molecule has 20 nitrogen and oxygen atoms in total. The number of methoxy groups -OCH3 is 2. The van der Waals surface area contributed by atoms with Gasteiger partial charge in [-0.05, 0) is 70.5 Å². The van der Waals surface area contributed by atoms with Crippen LogP contribution in [0.25, 0.3) is 43.7 Å². The lowest BCUT2D eigenvalue weighted by Gasteiger charge is -2.22. The van der Waals surface area contributed by atoms with Gasteiger partial charge in [0.1, 0.15) is 19.3 Å². The zero-order valence-electron chi connectivity index (χ0n) is 45.0. The fraction of sp³-hybridized carbons (Fsp3) is 0.339. The van der Waals surface area contributed by atoms with Crippen molar-refractivity contribution in [3.05, 3.63) is 130 Å². The van der Waals surface area contributed by atoms with E-state index >= 15 is 0 Å². The predicted molar refractivity (Wildman–Crippen MR) is 304 cm³/mol. The molecule has 9 rings (SSSR count). The first-order chi connectivity index (χ1) is 37.7. The first-order valence-corrected chi connectivity index (χ1v) is 25.7. The van der Waals surface area contributed by atoms with Gasteiger partial charge in [-0.25, -0.2) is 14.4 Å². The van der Waals surface area contributed by atoms with Crippen LogP contribution < -0.4 is 51.5 Å². The lowest BCUT2D eigenvalue weighted by molar-refractivity contribution is -0.126. The number of likely N-dealkylation sites (N-methyl/N-ethyl adjacent to an activating group) is 1. The third-order valence-electron chi connectivity index (χ3n) is 13.0. The second kappa shape index (κ2) is 27.3. The molecular weight excluding hydrogens is 1010 g/mol. The largest absolute Gasteiger partial charge is 0.493 e. The number of nitrogens with one attached hydrogen (secondary N) is 4. The molecule has 1 aliphatic carbocycles. The molecule has 6 amide bonds. The zero-order chi connectivity index (χ0) is 56.0. The minimum atomic E-state index is -0.949. The van der Waals surface area contributed by atoms with Crippen LogP contribution in [0.4, 0.5) is 20.1 Å². The fourth-order valence-electron chi connectivity index (χ4n) is 9.11. The Labute approximate surface area is 458 Å². The molecule has 0 fully saturated rings. The van der Waals surface area contributed by atoms with Crippen molar-refractivity contribution in [2.45, 2.75) is 73.6 Å². The Hall–Kier alpha value is -9.07. The molecule has 0 radical (unpaired) electrons. The summed E-state index contributed by atoms with van der Waals surface area (Å²) in [5, 5.41) is 12.8. The number of hydrogen-bond donors (Lipinski definition) is 5. The van der Waals surface area contributed by atoms with E-state index in [2.05, 4.69) is 33.4 Å². The lowest BCUT2D eigenvalue weighted by Crippen LogP contribution is -2.51. The smallest absolute Gasteiger partial charge is 0.409 e. The summed E-state index contributed by atoms with van der Waals surface area (Å²) in [6, 6.07) is 28.3. The van der Waals surface area contributed by atoms with E-state index in [1.165, 1.54) is 19.1 Å². The number of nitrogens with two attached hydrogens (primary N) is 1. The fourth-order valence-corrected chi connectivity index (χ4v) is 9.11. The van der Waals surface area contributed by atoms with Gasteiger partial charge in [0.25, 0.3) is 5.56 Å². The zero-order valence-corrected chi connectivity index (χ0v) is 45.0. The average Bonchev–Trinajstić information content (AvgIpc) is 4.13. The van der Waals surface area contributed by atoms with Gasteiger partial charge in [0, 0.05) is 66.7 Å². The molecule has 1 unspecified atom stereocenters. The number of carbonyl (C=O) groups is 5. The van der Waals surface area contributed by atoms with Crippen molar-refractivity contribution in [1.29, 1.82) is 0 Å². The Morgan fingerprint density at radius 3 is 2.03 bits per heavy atom. The topological polar surface area (TPSA) is 253 Å². The second-order valence-electron chi connectivity index (χ2n) is 18.4. The highest BCUT2D eigenvalue weighted by molar-refractivity contribution is 6.15. The molecule has 3 heterocycles. The van der Waals surface area contributed by atoms with Crippen LogP contribution in [0, 0.1) is 5.92 Å². The van der Waals surface area contributed by atoms with Gasteiger partial charge in [0.15, 0.2) is 23.0 Å². The average molecular weight is 1080 g/mol. The maximum atomic E-state index is 14.3. The first kappa shape index (κ1) is 59.2. The molecule has 7 aromatic rings. The van der Waals surface area contributed by atoms with Gasteiger partial charge in [-0.3, -0.25) is 19.4 Å². The summed E-state index contributed by atoms with van der Waals surface area (Å²) in [4.78, 5) is 82.6. The highest BCUT2D eigenvalue weighted by Crippen LogP contribution is 2.45. The van der Waals surface area contributed by atoms with Crippen LogP contribution in [-0.2, 0) is 32.2 Å². The van der Waals surface area contributed by atoms with Crippen molar-refractivity contribution in [2.24, 2.45) is 11.7 Å². The van der Waals surface area contributed by atoms with Crippen molar-refractivity contribution in [2.75, 3.05) is 59.6 Å². The Morgan fingerprint density at radius 2 is 1.43 bits per heavy atom. The number of anilines is 1. The number of pyridine rings is 2. The monoisotopic (exact) mass is 1080 g/mol. The number of nitrogens with zero attached hydrogens (tertiary/aromatic N) is 3. The first-order valence-electron chi connectivity index (χ1n) is 25.7. The summed E-state index contributed by atoms with van der Waals surface area (Å²) in [5.74, 6) is 0.481. The van der Waals surface area contributed by atoms with Crippen molar-refractivity contribution in [3.63, 3.8) is 0 Å². The Bertz CT molecular complexity index is 3340. The van der Waals surface area contributed by atoms with Crippen molar-refractivity contribution in [3.8, 4) is 34.1 Å². The van der Waals surface area contributed by atoms with E-state index < -0.39 is 36.1 Å². The number of carbonyl (C=O) groups excluding carboxylic acids is 5. The molecule has 1 atom stereocenters. The van der Waals surface area contributed by atoms with E-state index in [1.54, 1.807) is 74.1 Å². The van der Waals surface area contributed by atoms with Gasteiger partial charge >= 0.3 is 18.2 Å². The molecule has 79 heavy (non-hydrogen) atoms. The minimum Gasteiger partial charge on any atom is -0.493 e. The van der Waals surface area contributed by atoms with Crippen molar-refractivity contribution < 1.29 is 52.4 Å². The number of fused-ring (bicyclic) bond motifs is 9. The van der Waals surface area contributed by atoms with E-state index in [4.69, 9.17) is 39.1 Å². The maximum Gasteiger partial charge on any atom is 0.409 e. The summed E-state index contributed by atoms with van der Waals surface area (Å²) in [6.07, 6.45) is 1.29. The Kier molecular flexibility index (Phi) is 20.5. The molecule has 0 saturated carbocycles. The predicted octanol–water partition coefficient (Wildman–Crippen LogP) is 9.06. The quantitative estimate of drug-likeness (QED) is 0.0534. The van der Waals surface area contributed by atoms with Gasteiger partial charge in [0.05, 0.1) is 37.2 Å². The van der Waals surface area contributed by atoms with Gasteiger partial charge in [-0.2, -0.15) is 0 Å². The van der Waals surface area contributed by atoms with Crippen LogP contribution in [-0.4, -0.2) is 105 Å². The van der Waals surface area contributed by atoms with Crippen LogP contribution in [0.5, 0.6) is 23.0 Å². The summed E-state index contributed by atoms with van der Waals surface area (Å²) >= 11 is 0. The summed E-state index contributed by atoms with van der Waals surface area (Å²) in [6.45, 7) is 10.2. The number of ether oxygens (including phenoxy) is 6. The number of benzene rings is 5. The van der Waals surface area contributed by atoms with Crippen LogP contribution >= 0.6 is 0 Å². The Morgan fingerprint density at radius 1 is 0.810 bits per heavy atom. The van der Waals surface area contributed by atoms with E-state index in [9.17, 15) is 28.8 Å². The van der Waals surface area contributed by atoms with Gasteiger partial charge < -0.3 is 64.9 Å². The van der Waals surface area contributed by atoms with Gasteiger partial charge in [-0.1, -0.05) is 103 Å². The van der Waals surface area contributed by atoms with Crippen molar-refractivity contribution >= 4 is 68.3 Å².